The van der Waals surface area contributed by atoms with E-state index in [0.717, 1.165) is 16.7 Å². The molecule has 3 amide bonds. The predicted molar refractivity (Wildman–Crippen MR) is 95.6 cm³/mol. The summed E-state index contributed by atoms with van der Waals surface area (Å²) in [4.78, 5) is 36.8. The van der Waals surface area contributed by atoms with Gasteiger partial charge in [-0.2, -0.15) is 8.78 Å². The third-order valence-corrected chi connectivity index (χ3v) is 4.46. The second kappa shape index (κ2) is 9.36. The van der Waals surface area contributed by atoms with Crippen LogP contribution in [0.25, 0.3) is 6.08 Å². The van der Waals surface area contributed by atoms with Gasteiger partial charge >= 0.3 is 6.61 Å². The first-order chi connectivity index (χ1) is 12.8. The Morgan fingerprint density at radius 1 is 1.33 bits per heavy atom. The number of hydrogen-bond donors (Lipinski definition) is 1. The minimum Gasteiger partial charge on any atom is -0.493 e. The number of nitrogens with one attached hydrogen (secondary N) is 1. The second-order valence-electron chi connectivity index (χ2n) is 5.33. The molecule has 2 rings (SSSR count). The van der Waals surface area contributed by atoms with Gasteiger partial charge in [-0.25, -0.2) is 0 Å². The molecule has 27 heavy (non-hydrogen) atoms. The first-order valence-electron chi connectivity index (χ1n) is 8.00. The maximum Gasteiger partial charge on any atom is 0.387 e. The summed E-state index contributed by atoms with van der Waals surface area (Å²) in [6, 6.07) is 4.18. The van der Waals surface area contributed by atoms with Gasteiger partial charge in [-0.3, -0.25) is 19.3 Å². The van der Waals surface area contributed by atoms with Crippen molar-refractivity contribution in [3.05, 3.63) is 28.7 Å². The summed E-state index contributed by atoms with van der Waals surface area (Å²) >= 11 is 0.763. The van der Waals surface area contributed by atoms with E-state index in [1.165, 1.54) is 31.4 Å². The molecular weight excluding hydrogens is 382 g/mol. The van der Waals surface area contributed by atoms with Gasteiger partial charge in [0.2, 0.25) is 5.91 Å². The minimum atomic E-state index is -2.99. The van der Waals surface area contributed by atoms with Crippen molar-refractivity contribution in [3.63, 3.8) is 0 Å². The SMILES string of the molecule is CCC(=O)NCCN1C(=O)S/C(=C\c2ccc(OC(F)F)c(OC)c2)C1=O. The zero-order valence-electron chi connectivity index (χ0n) is 14.7. The lowest BCUT2D eigenvalue weighted by Gasteiger charge is -2.12. The Morgan fingerprint density at radius 3 is 2.70 bits per heavy atom. The summed E-state index contributed by atoms with van der Waals surface area (Å²) in [5.41, 5.74) is 0.484. The average Bonchev–Trinajstić information content (AvgIpc) is 2.89. The maximum atomic E-state index is 12.4. The molecule has 1 aromatic carbocycles. The number of alkyl halides is 2. The third-order valence-electron chi connectivity index (χ3n) is 3.55. The monoisotopic (exact) mass is 400 g/mol. The van der Waals surface area contributed by atoms with E-state index in [1.807, 2.05) is 0 Å². The Hall–Kier alpha value is -2.62. The molecule has 10 heteroatoms. The highest BCUT2D eigenvalue weighted by atomic mass is 32.2. The molecule has 1 aliphatic heterocycles. The molecule has 0 atom stereocenters. The van der Waals surface area contributed by atoms with Gasteiger partial charge in [0.05, 0.1) is 12.0 Å². The molecule has 1 aromatic rings. The molecule has 7 nitrogen and oxygen atoms in total. The van der Waals surface area contributed by atoms with Crippen LogP contribution in [0.1, 0.15) is 18.9 Å². The van der Waals surface area contributed by atoms with Crippen LogP contribution in [0.15, 0.2) is 23.1 Å². The van der Waals surface area contributed by atoms with Gasteiger partial charge in [0.15, 0.2) is 11.5 Å². The number of halogens is 2. The molecule has 0 aliphatic carbocycles. The number of hydrogen-bond acceptors (Lipinski definition) is 6. The van der Waals surface area contributed by atoms with Gasteiger partial charge in [-0.15, -0.1) is 0 Å². The van der Waals surface area contributed by atoms with Gasteiger partial charge in [0.25, 0.3) is 11.1 Å². The molecule has 0 radical (unpaired) electrons. The molecular formula is C17H18F2N2O5S. The molecule has 1 N–H and O–H groups in total. The topological polar surface area (TPSA) is 84.9 Å². The Kier molecular flexibility index (Phi) is 7.17. The number of methoxy groups -OCH3 is 1. The average molecular weight is 400 g/mol. The zero-order chi connectivity index (χ0) is 20.0. The zero-order valence-corrected chi connectivity index (χ0v) is 15.5. The minimum absolute atomic E-state index is 0.0677. The van der Waals surface area contributed by atoms with E-state index in [9.17, 15) is 23.2 Å². The van der Waals surface area contributed by atoms with Crippen molar-refractivity contribution in [2.75, 3.05) is 20.2 Å². The summed E-state index contributed by atoms with van der Waals surface area (Å²) in [6.07, 6.45) is 1.78. The van der Waals surface area contributed by atoms with Gasteiger partial charge in [0, 0.05) is 19.5 Å². The number of carbonyl (C=O) groups is 3. The van der Waals surface area contributed by atoms with Crippen LogP contribution in [0.4, 0.5) is 13.6 Å². The summed E-state index contributed by atoms with van der Waals surface area (Å²) in [6.45, 7) is -1.05. The highest BCUT2D eigenvalue weighted by molar-refractivity contribution is 8.18. The molecule has 0 saturated carbocycles. The molecule has 0 unspecified atom stereocenters. The molecule has 1 aliphatic rings. The van der Waals surface area contributed by atoms with Crippen LogP contribution >= 0.6 is 11.8 Å². The lowest BCUT2D eigenvalue weighted by atomic mass is 10.2. The lowest BCUT2D eigenvalue weighted by Crippen LogP contribution is -2.37. The van der Waals surface area contributed by atoms with Crippen LogP contribution in [0, 0.1) is 0 Å². The van der Waals surface area contributed by atoms with Crippen molar-refractivity contribution in [1.29, 1.82) is 0 Å². The summed E-state index contributed by atoms with van der Waals surface area (Å²) < 4.78 is 34.1. The Morgan fingerprint density at radius 2 is 2.07 bits per heavy atom. The molecule has 1 heterocycles. The van der Waals surface area contributed by atoms with Crippen LogP contribution in [0.5, 0.6) is 11.5 Å². The van der Waals surface area contributed by atoms with Crippen LogP contribution in [0.3, 0.4) is 0 Å². The summed E-state index contributed by atoms with van der Waals surface area (Å²) in [5.74, 6) is -0.715. The highest BCUT2D eigenvalue weighted by Gasteiger charge is 2.34. The van der Waals surface area contributed by atoms with Gasteiger partial charge in [0.1, 0.15) is 0 Å². The number of nitrogens with zero attached hydrogens (tertiary/aromatic N) is 1. The number of imide groups is 1. The number of thioether (sulfide) groups is 1. The fraction of sp³-hybridized carbons (Fsp3) is 0.353. The molecule has 0 aromatic heterocycles. The van der Waals surface area contributed by atoms with E-state index in [4.69, 9.17) is 4.74 Å². The predicted octanol–water partition coefficient (Wildman–Crippen LogP) is 2.86. The summed E-state index contributed by atoms with van der Waals surface area (Å²) in [5, 5.41) is 2.15. The van der Waals surface area contributed by atoms with Crippen LogP contribution < -0.4 is 14.8 Å². The van der Waals surface area contributed by atoms with Crippen molar-refractivity contribution in [3.8, 4) is 11.5 Å². The number of amides is 3. The van der Waals surface area contributed by atoms with E-state index < -0.39 is 17.8 Å². The lowest BCUT2D eigenvalue weighted by molar-refractivity contribution is -0.124. The van der Waals surface area contributed by atoms with Crippen molar-refractivity contribution >= 4 is 34.9 Å². The Labute approximate surface area is 158 Å². The highest BCUT2D eigenvalue weighted by Crippen LogP contribution is 2.34. The van der Waals surface area contributed by atoms with Crippen molar-refractivity contribution in [1.82, 2.24) is 10.2 Å². The van der Waals surface area contributed by atoms with Gasteiger partial charge in [-0.05, 0) is 35.5 Å². The molecule has 1 saturated heterocycles. The molecule has 146 valence electrons. The van der Waals surface area contributed by atoms with E-state index in [0.29, 0.717) is 12.0 Å². The number of rotatable bonds is 8. The fourth-order valence-electron chi connectivity index (χ4n) is 2.24. The van der Waals surface area contributed by atoms with Crippen molar-refractivity contribution in [2.45, 2.75) is 20.0 Å². The first-order valence-corrected chi connectivity index (χ1v) is 8.82. The fourth-order valence-corrected chi connectivity index (χ4v) is 3.11. The molecule has 0 spiro atoms. The number of carbonyl (C=O) groups excluding carboxylic acids is 3. The molecule has 0 bridgehead atoms. The van der Waals surface area contributed by atoms with Crippen LogP contribution in [-0.2, 0) is 9.59 Å². The van der Waals surface area contributed by atoms with Crippen LogP contribution in [0.2, 0.25) is 0 Å². The normalized spacial score (nSPS) is 15.6. The van der Waals surface area contributed by atoms with Crippen LogP contribution in [-0.4, -0.2) is 48.8 Å². The first kappa shape index (κ1) is 20.7. The smallest absolute Gasteiger partial charge is 0.387 e. The molecule has 1 fully saturated rings. The van der Waals surface area contributed by atoms with E-state index in [1.54, 1.807) is 6.92 Å². The Balaban J connectivity index is 2.11. The number of ether oxygens (including phenoxy) is 2. The Bertz CT molecular complexity index is 770. The van der Waals surface area contributed by atoms with Crippen molar-refractivity contribution < 1.29 is 32.6 Å². The summed E-state index contributed by atoms with van der Waals surface area (Å²) in [7, 11) is 1.30. The van der Waals surface area contributed by atoms with E-state index in [-0.39, 0.29) is 35.4 Å². The quantitative estimate of drug-likeness (QED) is 0.676. The third kappa shape index (κ3) is 5.43. The van der Waals surface area contributed by atoms with Gasteiger partial charge < -0.3 is 14.8 Å². The maximum absolute atomic E-state index is 12.4. The second-order valence-corrected chi connectivity index (χ2v) is 6.32. The van der Waals surface area contributed by atoms with Gasteiger partial charge in [-0.1, -0.05) is 13.0 Å². The largest absolute Gasteiger partial charge is 0.493 e. The van der Waals surface area contributed by atoms with Crippen molar-refractivity contribution in [2.24, 2.45) is 0 Å². The van der Waals surface area contributed by atoms with E-state index in [2.05, 4.69) is 10.1 Å². The number of benzene rings is 1. The standard InChI is InChI=1S/C17H18F2N2O5S/c1-3-14(22)20-6-7-21-15(23)13(27-17(21)24)9-10-4-5-11(26-16(18)19)12(8-10)25-2/h4-5,8-9,16H,3,6-7H2,1-2H3,(H,20,22)/b13-9-. The van der Waals surface area contributed by atoms with E-state index >= 15 is 0 Å².